The number of halogens is 3. The molecule has 0 radical (unpaired) electrons. The summed E-state index contributed by atoms with van der Waals surface area (Å²) in [7, 11) is 0. The number of benzene rings is 3. The van der Waals surface area contributed by atoms with E-state index in [1.807, 2.05) is 59.8 Å². The second kappa shape index (κ2) is 7.40. The van der Waals surface area contributed by atoms with Gasteiger partial charge in [0.1, 0.15) is 0 Å². The summed E-state index contributed by atoms with van der Waals surface area (Å²) < 4.78 is 42.1. The number of alkyl halides is 3. The molecule has 152 valence electrons. The summed E-state index contributed by atoms with van der Waals surface area (Å²) >= 11 is 1.51. The summed E-state index contributed by atoms with van der Waals surface area (Å²) in [5.74, 6) is 0. The number of anilines is 2. The second-order valence-electron chi connectivity index (χ2n) is 7.18. The number of aromatic nitrogens is 2. The Kier molecular flexibility index (Phi) is 4.70. The average molecular weight is 425 g/mol. The lowest BCUT2D eigenvalue weighted by atomic mass is 10.1. The van der Waals surface area contributed by atoms with Crippen molar-refractivity contribution >= 4 is 34.2 Å². The molecule has 0 amide bonds. The zero-order valence-electron chi connectivity index (χ0n) is 15.9. The maximum Gasteiger partial charge on any atom is 0.416 e. The van der Waals surface area contributed by atoms with Crippen molar-refractivity contribution in [1.29, 1.82) is 0 Å². The van der Waals surface area contributed by atoms with Crippen molar-refractivity contribution in [2.75, 3.05) is 11.4 Å². The molecule has 0 spiro atoms. The van der Waals surface area contributed by atoms with Gasteiger partial charge in [-0.15, -0.1) is 0 Å². The Morgan fingerprint density at radius 2 is 1.60 bits per heavy atom. The summed E-state index contributed by atoms with van der Waals surface area (Å²) in [5.41, 5.74) is 2.95. The molecule has 2 heterocycles. The molecular weight excluding hydrogens is 407 g/mol. The van der Waals surface area contributed by atoms with Gasteiger partial charge in [0, 0.05) is 22.9 Å². The van der Waals surface area contributed by atoms with Crippen molar-refractivity contribution in [3.63, 3.8) is 0 Å². The first-order valence-corrected chi connectivity index (χ1v) is 10.5. The van der Waals surface area contributed by atoms with Crippen LogP contribution in [-0.2, 0) is 12.7 Å². The fraction of sp³-hybridized carbons (Fsp3) is 0.174. The molecule has 1 aliphatic heterocycles. The van der Waals surface area contributed by atoms with E-state index >= 15 is 0 Å². The van der Waals surface area contributed by atoms with Crippen molar-refractivity contribution in [2.45, 2.75) is 28.9 Å². The molecule has 0 saturated carbocycles. The molecule has 1 aliphatic rings. The van der Waals surface area contributed by atoms with E-state index in [2.05, 4.69) is 9.55 Å². The number of rotatable bonds is 4. The number of aryl methyl sites for hydroxylation is 1. The maximum atomic E-state index is 13.3. The Hall–Kier alpha value is -2.93. The third kappa shape index (κ3) is 3.43. The van der Waals surface area contributed by atoms with Crippen LogP contribution in [0.1, 0.15) is 12.0 Å². The van der Waals surface area contributed by atoms with Gasteiger partial charge < -0.3 is 9.47 Å². The Balaban J connectivity index is 1.45. The zero-order valence-corrected chi connectivity index (χ0v) is 16.7. The van der Waals surface area contributed by atoms with Crippen LogP contribution in [-0.4, -0.2) is 16.1 Å². The highest BCUT2D eigenvalue weighted by atomic mass is 32.2. The summed E-state index contributed by atoms with van der Waals surface area (Å²) in [4.78, 5) is 8.32. The van der Waals surface area contributed by atoms with Gasteiger partial charge in [-0.3, -0.25) is 0 Å². The molecule has 1 aromatic heterocycles. The van der Waals surface area contributed by atoms with Gasteiger partial charge in [-0.2, -0.15) is 13.2 Å². The van der Waals surface area contributed by atoms with Crippen LogP contribution in [0.15, 0.2) is 82.8 Å². The lowest BCUT2D eigenvalue weighted by molar-refractivity contribution is -0.137. The maximum absolute atomic E-state index is 13.3. The van der Waals surface area contributed by atoms with Crippen LogP contribution < -0.4 is 4.90 Å². The van der Waals surface area contributed by atoms with Crippen LogP contribution in [0.2, 0.25) is 0 Å². The molecule has 30 heavy (non-hydrogen) atoms. The van der Waals surface area contributed by atoms with Crippen LogP contribution in [0.4, 0.5) is 24.5 Å². The van der Waals surface area contributed by atoms with Crippen molar-refractivity contribution in [1.82, 2.24) is 9.55 Å². The van der Waals surface area contributed by atoms with E-state index in [0.29, 0.717) is 12.2 Å². The smallest absolute Gasteiger partial charge is 0.340 e. The second-order valence-corrected chi connectivity index (χ2v) is 8.27. The van der Waals surface area contributed by atoms with Crippen LogP contribution in [0.25, 0.3) is 11.0 Å². The SMILES string of the molecule is FC(F)(F)c1ccc2c(c1)N(CCCn1cnc3ccccc31)c1ccccc1S2. The van der Waals surface area contributed by atoms with Gasteiger partial charge in [-0.05, 0) is 48.9 Å². The lowest BCUT2D eigenvalue weighted by Gasteiger charge is -2.33. The Morgan fingerprint density at radius 1 is 0.833 bits per heavy atom. The number of hydrogen-bond donors (Lipinski definition) is 0. The van der Waals surface area contributed by atoms with Crippen molar-refractivity contribution in [2.24, 2.45) is 0 Å². The highest BCUT2D eigenvalue weighted by molar-refractivity contribution is 7.99. The Morgan fingerprint density at radius 3 is 2.47 bits per heavy atom. The minimum Gasteiger partial charge on any atom is -0.340 e. The predicted molar refractivity (Wildman–Crippen MR) is 113 cm³/mol. The van der Waals surface area contributed by atoms with Crippen LogP contribution in [0, 0.1) is 0 Å². The number of nitrogens with zero attached hydrogens (tertiary/aromatic N) is 3. The molecule has 7 heteroatoms. The number of imidazole rings is 1. The first kappa shape index (κ1) is 19.1. The third-order valence-electron chi connectivity index (χ3n) is 5.26. The van der Waals surface area contributed by atoms with Crippen LogP contribution >= 0.6 is 11.8 Å². The van der Waals surface area contributed by atoms with E-state index in [-0.39, 0.29) is 0 Å². The van der Waals surface area contributed by atoms with Crippen LogP contribution in [0.5, 0.6) is 0 Å². The van der Waals surface area contributed by atoms with Crippen molar-refractivity contribution < 1.29 is 13.2 Å². The highest BCUT2D eigenvalue weighted by Gasteiger charge is 2.33. The van der Waals surface area contributed by atoms with E-state index in [4.69, 9.17) is 0 Å². The lowest BCUT2D eigenvalue weighted by Crippen LogP contribution is -2.23. The number of para-hydroxylation sites is 3. The topological polar surface area (TPSA) is 21.1 Å². The van der Waals surface area contributed by atoms with E-state index in [0.717, 1.165) is 45.5 Å². The molecule has 0 aliphatic carbocycles. The Labute approximate surface area is 176 Å². The molecule has 0 N–H and O–H groups in total. The average Bonchev–Trinajstić information content (AvgIpc) is 3.15. The fourth-order valence-corrected chi connectivity index (χ4v) is 4.91. The summed E-state index contributed by atoms with van der Waals surface area (Å²) in [6, 6.07) is 19.8. The molecule has 0 fully saturated rings. The fourth-order valence-electron chi connectivity index (χ4n) is 3.83. The summed E-state index contributed by atoms with van der Waals surface area (Å²) in [6.07, 6.45) is -1.77. The summed E-state index contributed by atoms with van der Waals surface area (Å²) in [6.45, 7) is 1.35. The third-order valence-corrected chi connectivity index (χ3v) is 6.39. The van der Waals surface area contributed by atoms with Gasteiger partial charge >= 0.3 is 6.18 Å². The van der Waals surface area contributed by atoms with Gasteiger partial charge in [0.2, 0.25) is 0 Å². The normalized spacial score (nSPS) is 13.4. The highest BCUT2D eigenvalue weighted by Crippen LogP contribution is 2.49. The van der Waals surface area contributed by atoms with E-state index in [1.54, 1.807) is 6.07 Å². The van der Waals surface area contributed by atoms with Gasteiger partial charge in [-0.1, -0.05) is 36.0 Å². The standard InChI is InChI=1S/C23H18F3N3S/c24-23(25,26)16-10-11-22-20(14-16)29(19-8-3-4-9-21(19)30-22)13-5-12-28-15-27-17-6-1-2-7-18(17)28/h1-4,6-11,14-15H,5,12-13H2. The molecular formula is C23H18F3N3S. The quantitative estimate of drug-likeness (QED) is 0.361. The minimum absolute atomic E-state index is 0.610. The monoisotopic (exact) mass is 425 g/mol. The molecule has 3 nitrogen and oxygen atoms in total. The molecule has 0 atom stereocenters. The number of fused-ring (bicyclic) bond motifs is 3. The zero-order chi connectivity index (χ0) is 20.7. The number of hydrogen-bond acceptors (Lipinski definition) is 3. The molecule has 3 aromatic carbocycles. The molecule has 5 rings (SSSR count). The minimum atomic E-state index is -4.36. The first-order valence-electron chi connectivity index (χ1n) is 9.66. The largest absolute Gasteiger partial charge is 0.416 e. The van der Waals surface area contributed by atoms with Gasteiger partial charge in [0.05, 0.1) is 34.3 Å². The summed E-state index contributed by atoms with van der Waals surface area (Å²) in [5, 5.41) is 0. The van der Waals surface area contributed by atoms with Crippen molar-refractivity contribution in [3.05, 3.63) is 78.6 Å². The Bertz CT molecular complexity index is 1220. The first-order chi connectivity index (χ1) is 14.5. The van der Waals surface area contributed by atoms with Crippen LogP contribution in [0.3, 0.4) is 0 Å². The van der Waals surface area contributed by atoms with Gasteiger partial charge in [0.25, 0.3) is 0 Å². The van der Waals surface area contributed by atoms with Crippen molar-refractivity contribution in [3.8, 4) is 0 Å². The van der Waals surface area contributed by atoms with E-state index in [1.165, 1.54) is 17.8 Å². The van der Waals surface area contributed by atoms with Gasteiger partial charge in [-0.25, -0.2) is 4.98 Å². The molecule has 4 aromatic rings. The predicted octanol–water partition coefficient (Wildman–Crippen LogP) is 6.75. The molecule has 0 saturated heterocycles. The molecule has 0 unspecified atom stereocenters. The van der Waals surface area contributed by atoms with E-state index in [9.17, 15) is 13.2 Å². The molecule has 0 bridgehead atoms. The van der Waals surface area contributed by atoms with E-state index < -0.39 is 11.7 Å². The van der Waals surface area contributed by atoms with Gasteiger partial charge in [0.15, 0.2) is 0 Å².